The van der Waals surface area contributed by atoms with Crippen molar-refractivity contribution in [1.82, 2.24) is 5.32 Å². The Balaban J connectivity index is 1.89. The summed E-state index contributed by atoms with van der Waals surface area (Å²) in [5.41, 5.74) is 1.33. The van der Waals surface area contributed by atoms with E-state index in [2.05, 4.69) is 47.4 Å². The Bertz CT molecular complexity index is 1130. The van der Waals surface area contributed by atoms with E-state index in [1.807, 2.05) is 6.92 Å². The molecule has 0 bridgehead atoms. The Morgan fingerprint density at radius 3 is 2.66 bits per heavy atom. The highest BCUT2D eigenvalue weighted by Gasteiger charge is 2.26. The van der Waals surface area contributed by atoms with Crippen LogP contribution in [-0.4, -0.2) is 31.0 Å². The molecule has 1 amide bonds. The van der Waals surface area contributed by atoms with Crippen LogP contribution in [0.5, 0.6) is 5.75 Å². The third-order valence-electron chi connectivity index (χ3n) is 3.76. The van der Waals surface area contributed by atoms with Crippen LogP contribution in [0.1, 0.15) is 18.1 Å². The van der Waals surface area contributed by atoms with E-state index in [1.54, 1.807) is 37.3 Å². The fourth-order valence-electron chi connectivity index (χ4n) is 2.33. The van der Waals surface area contributed by atoms with Gasteiger partial charge in [0.15, 0.2) is 10.9 Å². The van der Waals surface area contributed by atoms with Gasteiger partial charge in [-0.25, -0.2) is 0 Å². The van der Waals surface area contributed by atoms with Gasteiger partial charge >= 0.3 is 10.1 Å². The lowest BCUT2D eigenvalue weighted by molar-refractivity contribution is -0.118. The van der Waals surface area contributed by atoms with Crippen LogP contribution >= 0.6 is 43.6 Å². The first kappa shape index (κ1) is 22.0. The zero-order chi connectivity index (χ0) is 21.2. The van der Waals surface area contributed by atoms with Crippen molar-refractivity contribution in [3.05, 3.63) is 56.5 Å². The zero-order valence-electron chi connectivity index (χ0n) is 15.2. The average Bonchev–Trinajstić information content (AvgIpc) is 2.97. The number of carbonyl (C=O) groups is 1. The number of hydrogen-bond acceptors (Lipinski definition) is 7. The molecule has 2 aromatic rings. The third kappa shape index (κ3) is 5.47. The molecule has 0 aliphatic carbocycles. The van der Waals surface area contributed by atoms with E-state index >= 15 is 0 Å². The lowest BCUT2D eigenvalue weighted by atomic mass is 10.1. The number of nitrogens with one attached hydrogen (secondary N) is 1. The maximum atomic E-state index is 12.8. The minimum Gasteiger partial charge on any atom is -0.378 e. The maximum Gasteiger partial charge on any atom is 0.340 e. The summed E-state index contributed by atoms with van der Waals surface area (Å²) in [7, 11) is -4.09. The molecule has 1 atom stereocenters. The van der Waals surface area contributed by atoms with Crippen molar-refractivity contribution in [1.29, 1.82) is 0 Å². The highest BCUT2D eigenvalue weighted by molar-refractivity contribution is 9.11. The number of halogens is 2. The normalized spacial score (nSPS) is 18.4. The number of aryl methyl sites for hydroxylation is 1. The summed E-state index contributed by atoms with van der Waals surface area (Å²) in [6.45, 7) is 3.63. The Kier molecular flexibility index (Phi) is 6.82. The number of rotatable bonds is 5. The number of benzene rings is 2. The molecule has 3 rings (SSSR count). The van der Waals surface area contributed by atoms with Gasteiger partial charge in [-0.2, -0.15) is 13.5 Å². The summed E-state index contributed by atoms with van der Waals surface area (Å²) < 4.78 is 31.9. The number of nitrogens with zero attached hydrogens (tertiary/aromatic N) is 2. The van der Waals surface area contributed by atoms with Crippen molar-refractivity contribution in [2.45, 2.75) is 24.0 Å². The molecule has 29 heavy (non-hydrogen) atoms. The van der Waals surface area contributed by atoms with Gasteiger partial charge < -0.3 is 9.50 Å². The van der Waals surface area contributed by atoms with E-state index in [0.717, 1.165) is 5.56 Å². The van der Waals surface area contributed by atoms with Crippen LogP contribution in [0.25, 0.3) is 0 Å². The number of amidine groups is 1. The summed E-state index contributed by atoms with van der Waals surface area (Å²) >= 11 is 7.77. The van der Waals surface area contributed by atoms with Crippen molar-refractivity contribution in [3.63, 3.8) is 0 Å². The largest absolute Gasteiger partial charge is 0.378 e. The second-order valence-corrected chi connectivity index (χ2v) is 10.7. The van der Waals surface area contributed by atoms with Gasteiger partial charge in [0.05, 0.1) is 11.5 Å². The Morgan fingerprint density at radius 2 is 1.97 bits per heavy atom. The van der Waals surface area contributed by atoms with Crippen molar-refractivity contribution < 1.29 is 17.4 Å². The van der Waals surface area contributed by atoms with E-state index < -0.39 is 10.1 Å². The summed E-state index contributed by atoms with van der Waals surface area (Å²) in [6, 6.07) is 9.80. The molecule has 0 spiro atoms. The maximum absolute atomic E-state index is 12.8. The van der Waals surface area contributed by atoms with E-state index in [9.17, 15) is 13.2 Å². The van der Waals surface area contributed by atoms with Gasteiger partial charge in [0, 0.05) is 14.5 Å². The molecular weight excluding hydrogens is 546 g/mol. The molecule has 152 valence electrons. The summed E-state index contributed by atoms with van der Waals surface area (Å²) in [5.74, 6) is -0.0166. The van der Waals surface area contributed by atoms with Crippen molar-refractivity contribution >= 4 is 71.0 Å². The Labute approximate surface area is 189 Å². The van der Waals surface area contributed by atoms with Gasteiger partial charge in [-0.15, -0.1) is 5.10 Å². The van der Waals surface area contributed by atoms with Crippen LogP contribution in [0.3, 0.4) is 0 Å². The highest BCUT2D eigenvalue weighted by atomic mass is 79.9. The monoisotopic (exact) mass is 559 g/mol. The van der Waals surface area contributed by atoms with Crippen LogP contribution in [0.4, 0.5) is 0 Å². The predicted octanol–water partition coefficient (Wildman–Crippen LogP) is 4.23. The second-order valence-electron chi connectivity index (χ2n) is 6.05. The molecule has 1 N–H and O–H groups in total. The first-order chi connectivity index (χ1) is 13.7. The molecule has 0 saturated carbocycles. The van der Waals surface area contributed by atoms with Crippen LogP contribution in [0.2, 0.25) is 0 Å². The SMILES string of the molecule is Cc1ccc(OS(=O)(=O)c2cc(Br)ccc2Br)c(/C=N\N=C2/NC(=O)[C@@H](C)S2)c1. The van der Waals surface area contributed by atoms with E-state index in [1.165, 1.54) is 24.0 Å². The number of amides is 1. The third-order valence-corrected chi connectivity index (χ3v) is 7.46. The van der Waals surface area contributed by atoms with Gasteiger partial charge in [-0.3, -0.25) is 4.79 Å². The standard InChI is InChI=1S/C18H15Br2N3O4S2/c1-10-3-6-15(27-29(25,26)16-8-13(19)4-5-14(16)20)12(7-10)9-21-23-18-22-17(24)11(2)28-18/h3-9,11H,1-2H3,(H,22,23,24)/b21-9-/t11-/m1/s1. The van der Waals surface area contributed by atoms with Crippen molar-refractivity contribution in [2.24, 2.45) is 10.2 Å². The minimum absolute atomic E-state index is 0.00497. The predicted molar refractivity (Wildman–Crippen MR) is 121 cm³/mol. The molecule has 11 heteroatoms. The van der Waals surface area contributed by atoms with E-state index in [-0.39, 0.29) is 21.8 Å². The molecule has 0 radical (unpaired) electrons. The molecule has 1 aliphatic heterocycles. The first-order valence-corrected chi connectivity index (χ1v) is 12.1. The average molecular weight is 561 g/mol. The number of carbonyl (C=O) groups excluding carboxylic acids is 1. The molecule has 1 heterocycles. The van der Waals surface area contributed by atoms with Crippen LogP contribution in [0, 0.1) is 6.92 Å². The molecule has 1 fully saturated rings. The van der Waals surface area contributed by atoms with Gasteiger partial charge in [-0.05, 0) is 60.1 Å². The van der Waals surface area contributed by atoms with Crippen molar-refractivity contribution in [2.75, 3.05) is 0 Å². The number of hydrogen-bond donors (Lipinski definition) is 1. The molecule has 1 aliphatic rings. The molecule has 2 aromatic carbocycles. The van der Waals surface area contributed by atoms with Crippen LogP contribution in [-0.2, 0) is 14.9 Å². The molecular formula is C18H15Br2N3O4S2. The fourth-order valence-corrected chi connectivity index (χ4v) is 5.49. The second kappa shape index (κ2) is 8.99. The first-order valence-electron chi connectivity index (χ1n) is 8.24. The minimum atomic E-state index is -4.09. The van der Waals surface area contributed by atoms with Crippen LogP contribution < -0.4 is 9.50 Å². The Morgan fingerprint density at radius 1 is 1.21 bits per heavy atom. The number of thioether (sulfide) groups is 1. The smallest absolute Gasteiger partial charge is 0.340 e. The van der Waals surface area contributed by atoms with Gasteiger partial charge in [0.2, 0.25) is 5.91 Å². The Hall–Kier alpha value is -1.69. The quantitative estimate of drug-likeness (QED) is 0.335. The van der Waals surface area contributed by atoms with E-state index in [4.69, 9.17) is 4.18 Å². The molecule has 0 unspecified atom stereocenters. The zero-order valence-corrected chi connectivity index (χ0v) is 20.0. The van der Waals surface area contributed by atoms with Crippen LogP contribution in [0.15, 0.2) is 60.4 Å². The highest BCUT2D eigenvalue weighted by Crippen LogP contribution is 2.29. The van der Waals surface area contributed by atoms with Crippen molar-refractivity contribution in [3.8, 4) is 5.75 Å². The summed E-state index contributed by atoms with van der Waals surface area (Å²) in [5, 5.41) is 10.7. The lowest BCUT2D eigenvalue weighted by Gasteiger charge is -2.11. The summed E-state index contributed by atoms with van der Waals surface area (Å²) in [6.07, 6.45) is 1.39. The van der Waals surface area contributed by atoms with Gasteiger partial charge in [-0.1, -0.05) is 39.3 Å². The van der Waals surface area contributed by atoms with Gasteiger partial charge in [0.1, 0.15) is 4.90 Å². The molecule has 0 aromatic heterocycles. The lowest BCUT2D eigenvalue weighted by Crippen LogP contribution is -2.23. The molecule has 7 nitrogen and oxygen atoms in total. The van der Waals surface area contributed by atoms with Gasteiger partial charge in [0.25, 0.3) is 0 Å². The summed E-state index contributed by atoms with van der Waals surface area (Å²) in [4.78, 5) is 11.5. The fraction of sp³-hybridized carbons (Fsp3) is 0.167. The topological polar surface area (TPSA) is 97.2 Å². The van der Waals surface area contributed by atoms with E-state index in [0.29, 0.717) is 19.7 Å². The molecule has 1 saturated heterocycles.